The van der Waals surface area contributed by atoms with Gasteiger partial charge >= 0.3 is 0 Å². The fourth-order valence-corrected chi connectivity index (χ4v) is 7.80. The molecule has 210 valence electrons. The van der Waals surface area contributed by atoms with E-state index in [4.69, 9.17) is 16.6 Å². The highest BCUT2D eigenvalue weighted by Crippen LogP contribution is 2.41. The third kappa shape index (κ3) is 4.65. The third-order valence-corrected chi connectivity index (χ3v) is 10.2. The molecule has 0 radical (unpaired) electrons. The second-order valence-corrected chi connectivity index (χ2v) is 13.4. The number of allylic oxidation sites excluding steroid dienone is 1. The van der Waals surface area contributed by atoms with Gasteiger partial charge in [-0.05, 0) is 71.5 Å². The highest BCUT2D eigenvalue weighted by molar-refractivity contribution is 9.10. The van der Waals surface area contributed by atoms with E-state index in [2.05, 4.69) is 99.5 Å². The van der Waals surface area contributed by atoms with Crippen LogP contribution in [-0.4, -0.2) is 9.13 Å². The number of aryl methyl sites for hydroxylation is 1. The van der Waals surface area contributed by atoms with Gasteiger partial charge in [0.05, 0.1) is 16.3 Å². The van der Waals surface area contributed by atoms with Crippen molar-refractivity contribution < 1.29 is 0 Å². The molecule has 2 aromatic heterocycles. The molecule has 43 heavy (non-hydrogen) atoms. The van der Waals surface area contributed by atoms with Crippen LogP contribution in [0.2, 0.25) is 5.02 Å². The van der Waals surface area contributed by atoms with Crippen LogP contribution in [0.5, 0.6) is 0 Å². The van der Waals surface area contributed by atoms with Gasteiger partial charge in [-0.1, -0.05) is 106 Å². The molecule has 0 fully saturated rings. The fourth-order valence-electron chi connectivity index (χ4n) is 6.42. The number of fused-ring (bicyclic) bond motifs is 4. The van der Waals surface area contributed by atoms with Crippen LogP contribution in [0, 0.1) is 0 Å². The minimum absolute atomic E-state index is 0.0150. The zero-order valence-electron chi connectivity index (χ0n) is 23.0. The van der Waals surface area contributed by atoms with Crippen molar-refractivity contribution in [1.82, 2.24) is 9.13 Å². The predicted molar refractivity (Wildman–Crippen MR) is 179 cm³/mol. The first-order chi connectivity index (χ1) is 21.0. The smallest absolute Gasteiger partial charge is 0.271 e. The first-order valence-corrected chi connectivity index (χ1v) is 16.2. The van der Waals surface area contributed by atoms with Crippen molar-refractivity contribution in [2.24, 2.45) is 4.99 Å². The second-order valence-electron chi connectivity index (χ2n) is 11.0. The average molecular weight is 663 g/mol. The standard InChI is InChI=1S/C36H25BrClN3OS/c37-26-14-9-22(10-15-26)20-40-21-25(28-6-3-4-8-31(28)40)19-32-35(42)41-34(24-11-16-27(38)17-12-24)30-18-13-23-5-1-2-7-29(23)33(30)39-36(41)43-32/h1-12,14-17,19,21,34H,13,18,20H2/b32-19-. The molecule has 0 amide bonds. The Morgan fingerprint density at radius 1 is 0.930 bits per heavy atom. The third-order valence-electron chi connectivity index (χ3n) is 8.43. The highest BCUT2D eigenvalue weighted by atomic mass is 79.9. The first-order valence-electron chi connectivity index (χ1n) is 14.2. The topological polar surface area (TPSA) is 39.3 Å². The molecule has 4 nitrogen and oxygen atoms in total. The lowest BCUT2D eigenvalue weighted by atomic mass is 9.83. The number of benzene rings is 4. The van der Waals surface area contributed by atoms with E-state index in [-0.39, 0.29) is 11.6 Å². The van der Waals surface area contributed by atoms with Gasteiger partial charge in [0.1, 0.15) is 0 Å². The van der Waals surface area contributed by atoms with Gasteiger partial charge in [-0.3, -0.25) is 9.36 Å². The molecule has 0 saturated carbocycles. The summed E-state index contributed by atoms with van der Waals surface area (Å²) >= 11 is 11.3. The number of rotatable bonds is 4. The Hall–Kier alpha value is -3.97. The molecule has 0 spiro atoms. The summed E-state index contributed by atoms with van der Waals surface area (Å²) in [5, 5.41) is 1.80. The lowest BCUT2D eigenvalue weighted by Gasteiger charge is -2.30. The minimum atomic E-state index is -0.224. The van der Waals surface area contributed by atoms with Crippen LogP contribution in [0.3, 0.4) is 0 Å². The molecule has 0 N–H and O–H groups in total. The first kappa shape index (κ1) is 26.6. The maximum absolute atomic E-state index is 14.3. The summed E-state index contributed by atoms with van der Waals surface area (Å²) in [6.45, 7) is 0.742. The van der Waals surface area contributed by atoms with Crippen molar-refractivity contribution in [3.05, 3.63) is 166 Å². The summed E-state index contributed by atoms with van der Waals surface area (Å²) in [4.78, 5) is 20.2. The number of hydrogen-bond donors (Lipinski definition) is 0. The van der Waals surface area contributed by atoms with E-state index in [1.165, 1.54) is 28.0 Å². The van der Waals surface area contributed by atoms with Crippen molar-refractivity contribution in [1.29, 1.82) is 0 Å². The number of halogens is 2. The number of aromatic nitrogens is 2. The molecule has 1 aliphatic carbocycles. The summed E-state index contributed by atoms with van der Waals surface area (Å²) in [5.74, 6) is 0. The predicted octanol–water partition coefficient (Wildman–Crippen LogP) is 7.74. The van der Waals surface area contributed by atoms with Crippen LogP contribution in [0.25, 0.3) is 22.7 Å². The van der Waals surface area contributed by atoms with Crippen molar-refractivity contribution in [2.75, 3.05) is 0 Å². The SMILES string of the molecule is O=c1/c(=C/c2cn(Cc3ccc(Br)cc3)c3ccccc23)sc2n1C(c1ccc(Cl)cc1)C1=C(N=2)c2ccccc2CC1. The zero-order valence-corrected chi connectivity index (χ0v) is 26.2. The minimum Gasteiger partial charge on any atom is -0.342 e. The molecule has 0 saturated heterocycles. The summed E-state index contributed by atoms with van der Waals surface area (Å²) in [6, 6.07) is 32.9. The van der Waals surface area contributed by atoms with Crippen molar-refractivity contribution in [3.8, 4) is 0 Å². The lowest BCUT2D eigenvalue weighted by molar-refractivity contribution is 0.585. The van der Waals surface area contributed by atoms with Crippen LogP contribution in [0.4, 0.5) is 0 Å². The summed E-state index contributed by atoms with van der Waals surface area (Å²) < 4.78 is 5.89. The van der Waals surface area contributed by atoms with Crippen LogP contribution in [0.1, 0.15) is 40.3 Å². The van der Waals surface area contributed by atoms with Gasteiger partial charge in [-0.15, -0.1) is 0 Å². The van der Waals surface area contributed by atoms with Gasteiger partial charge in [-0.25, -0.2) is 4.99 Å². The monoisotopic (exact) mass is 661 g/mol. The van der Waals surface area contributed by atoms with Crippen LogP contribution >= 0.6 is 38.9 Å². The molecule has 3 heterocycles. The Kier molecular flexibility index (Phi) is 6.59. The lowest BCUT2D eigenvalue weighted by Crippen LogP contribution is -2.38. The number of hydrogen-bond acceptors (Lipinski definition) is 3. The molecular weight excluding hydrogens is 638 g/mol. The van der Waals surface area contributed by atoms with Crippen LogP contribution in [-0.2, 0) is 13.0 Å². The summed E-state index contributed by atoms with van der Waals surface area (Å²) in [6.07, 6.45) is 5.98. The van der Waals surface area contributed by atoms with E-state index in [0.717, 1.165) is 62.0 Å². The molecule has 6 aromatic rings. The quantitative estimate of drug-likeness (QED) is 0.190. The maximum atomic E-state index is 14.3. The van der Waals surface area contributed by atoms with Crippen molar-refractivity contribution >= 4 is 61.5 Å². The number of para-hydroxylation sites is 1. The second kappa shape index (κ2) is 10.6. The zero-order chi connectivity index (χ0) is 29.1. The number of thiazole rings is 1. The van der Waals surface area contributed by atoms with Crippen LogP contribution < -0.4 is 14.9 Å². The van der Waals surface area contributed by atoms with E-state index in [9.17, 15) is 4.79 Å². The molecule has 0 bridgehead atoms. The fraction of sp³-hybridized carbons (Fsp3) is 0.111. The Labute approximate surface area is 265 Å². The summed E-state index contributed by atoms with van der Waals surface area (Å²) in [7, 11) is 0. The normalized spacial score (nSPS) is 16.1. The van der Waals surface area contributed by atoms with E-state index in [1.807, 2.05) is 34.9 Å². The molecule has 2 aliphatic rings. The van der Waals surface area contributed by atoms with Crippen molar-refractivity contribution in [3.63, 3.8) is 0 Å². The van der Waals surface area contributed by atoms with Gasteiger partial charge in [0, 0.05) is 44.3 Å². The van der Waals surface area contributed by atoms with E-state index < -0.39 is 0 Å². The van der Waals surface area contributed by atoms with Gasteiger partial charge < -0.3 is 4.57 Å². The van der Waals surface area contributed by atoms with E-state index in [1.54, 1.807) is 0 Å². The Morgan fingerprint density at radius 2 is 1.70 bits per heavy atom. The van der Waals surface area contributed by atoms with Gasteiger partial charge in [0.2, 0.25) is 0 Å². The van der Waals surface area contributed by atoms with Gasteiger partial charge in [-0.2, -0.15) is 0 Å². The Balaban J connectivity index is 1.31. The molecule has 1 atom stereocenters. The van der Waals surface area contributed by atoms with E-state index in [0.29, 0.717) is 9.55 Å². The maximum Gasteiger partial charge on any atom is 0.271 e. The molecule has 4 aromatic carbocycles. The Bertz CT molecular complexity index is 2260. The van der Waals surface area contributed by atoms with Gasteiger partial charge in [0.15, 0.2) is 4.80 Å². The van der Waals surface area contributed by atoms with Crippen molar-refractivity contribution in [2.45, 2.75) is 25.4 Å². The van der Waals surface area contributed by atoms with E-state index >= 15 is 0 Å². The largest absolute Gasteiger partial charge is 0.342 e. The molecule has 1 unspecified atom stereocenters. The van der Waals surface area contributed by atoms with Gasteiger partial charge in [0.25, 0.3) is 5.56 Å². The molecule has 8 rings (SSSR count). The highest BCUT2D eigenvalue weighted by Gasteiger charge is 2.32. The Morgan fingerprint density at radius 3 is 2.53 bits per heavy atom. The van der Waals surface area contributed by atoms with Crippen LogP contribution in [0.15, 0.2) is 123 Å². The number of nitrogens with zero attached hydrogens (tertiary/aromatic N) is 3. The average Bonchev–Trinajstić information content (AvgIpc) is 3.54. The molecular formula is C36H25BrClN3OS. The molecule has 1 aliphatic heterocycles. The molecule has 7 heteroatoms. The summed E-state index contributed by atoms with van der Waals surface area (Å²) in [5.41, 5.74) is 9.05.